The van der Waals surface area contributed by atoms with Crippen molar-refractivity contribution in [3.63, 3.8) is 0 Å². The Hall–Kier alpha value is -1.35. The van der Waals surface area contributed by atoms with Gasteiger partial charge in [-0.25, -0.2) is 0 Å². The molecule has 0 spiro atoms. The van der Waals surface area contributed by atoms with Crippen molar-refractivity contribution >= 4 is 23.3 Å². The molecular weight excluding hydrogens is 168 g/mol. The van der Waals surface area contributed by atoms with Gasteiger partial charge in [0.2, 0.25) is 6.20 Å². The van der Waals surface area contributed by atoms with Gasteiger partial charge in [-0.1, -0.05) is 18.2 Å². The van der Waals surface area contributed by atoms with Gasteiger partial charge in [-0.2, -0.15) is 0 Å². The van der Waals surface area contributed by atoms with Crippen molar-refractivity contribution in [1.82, 2.24) is 5.10 Å². The molecule has 0 bridgehead atoms. The van der Waals surface area contributed by atoms with Gasteiger partial charge in [-0.05, 0) is 12.1 Å². The van der Waals surface area contributed by atoms with Crippen LogP contribution in [0.5, 0.6) is 0 Å². The molecule has 0 N–H and O–H groups in total. The predicted molar refractivity (Wildman–Crippen MR) is 49.3 cm³/mol. The van der Waals surface area contributed by atoms with Crippen LogP contribution in [0, 0.1) is 0 Å². The van der Waals surface area contributed by atoms with E-state index in [9.17, 15) is 0 Å². The van der Waals surface area contributed by atoms with Gasteiger partial charge in [0.25, 0.3) is 0 Å². The Kier molecular flexibility index (Phi) is 1.80. The molecule has 0 aliphatic heterocycles. The first kappa shape index (κ1) is 7.31. The van der Waals surface area contributed by atoms with Crippen LogP contribution >= 0.6 is 12.4 Å². The first-order valence-electron chi connectivity index (χ1n) is 3.65. The SMILES string of the molecule is S=[n+]1cccc2ccccc2n1. The number of nitrogens with zero attached hydrogens (tertiary/aromatic N) is 2. The largest absolute Gasteiger partial charge is 0.306 e. The fraction of sp³-hybridized carbons (Fsp3) is 0. The second-order valence-electron chi connectivity index (χ2n) is 2.47. The Morgan fingerprint density at radius 3 is 2.75 bits per heavy atom. The molecule has 0 unspecified atom stereocenters. The molecule has 58 valence electrons. The average molecular weight is 175 g/mol. The van der Waals surface area contributed by atoms with E-state index in [1.165, 1.54) is 3.73 Å². The fourth-order valence-electron chi connectivity index (χ4n) is 1.08. The summed E-state index contributed by atoms with van der Waals surface area (Å²) in [5, 5.41) is 5.27. The minimum Gasteiger partial charge on any atom is -0.0615 e. The molecule has 12 heavy (non-hydrogen) atoms. The monoisotopic (exact) mass is 175 g/mol. The van der Waals surface area contributed by atoms with Crippen molar-refractivity contribution in [3.05, 3.63) is 42.6 Å². The molecule has 0 radical (unpaired) electrons. The Labute approximate surface area is 75.3 Å². The molecule has 0 aliphatic carbocycles. The Balaban J connectivity index is 2.98. The smallest absolute Gasteiger partial charge is 0.0615 e. The standard InChI is InChI=1S/C9H7N2S/c12-11-7-3-5-8-4-1-2-6-9(8)10-11/h1-7H/q+1. The molecule has 1 aromatic heterocycles. The van der Waals surface area contributed by atoms with E-state index in [1.807, 2.05) is 36.4 Å². The van der Waals surface area contributed by atoms with Crippen LogP contribution < -0.4 is 3.73 Å². The van der Waals surface area contributed by atoms with Crippen LogP contribution in [0.25, 0.3) is 10.9 Å². The zero-order chi connectivity index (χ0) is 8.39. The van der Waals surface area contributed by atoms with Crippen LogP contribution in [0.1, 0.15) is 0 Å². The first-order chi connectivity index (χ1) is 5.86. The number of benzene rings is 1. The lowest BCUT2D eigenvalue weighted by Gasteiger charge is -1.83. The summed E-state index contributed by atoms with van der Waals surface area (Å²) < 4.78 is 1.39. The summed E-state index contributed by atoms with van der Waals surface area (Å²) in [7, 11) is 0. The van der Waals surface area contributed by atoms with E-state index in [0.29, 0.717) is 0 Å². The van der Waals surface area contributed by atoms with Crippen molar-refractivity contribution in [2.45, 2.75) is 0 Å². The second-order valence-corrected chi connectivity index (χ2v) is 2.84. The van der Waals surface area contributed by atoms with Gasteiger partial charge in [0.15, 0.2) is 0 Å². The van der Waals surface area contributed by atoms with E-state index < -0.39 is 0 Å². The number of aromatic nitrogens is 2. The molecule has 1 heterocycles. The van der Waals surface area contributed by atoms with Crippen LogP contribution in [0.3, 0.4) is 0 Å². The molecule has 2 rings (SSSR count). The van der Waals surface area contributed by atoms with Crippen molar-refractivity contribution in [2.24, 2.45) is 0 Å². The molecule has 2 aromatic rings. The summed E-state index contributed by atoms with van der Waals surface area (Å²) in [5.74, 6) is 0. The summed E-state index contributed by atoms with van der Waals surface area (Å²) in [6.07, 6.45) is 1.75. The molecule has 0 amide bonds. The normalized spacial score (nSPS) is 10.0. The van der Waals surface area contributed by atoms with Crippen molar-refractivity contribution in [3.8, 4) is 0 Å². The Morgan fingerprint density at radius 2 is 1.83 bits per heavy atom. The molecule has 0 saturated carbocycles. The minimum absolute atomic E-state index is 0.914. The van der Waals surface area contributed by atoms with E-state index in [0.717, 1.165) is 10.9 Å². The van der Waals surface area contributed by atoms with Crippen molar-refractivity contribution in [2.75, 3.05) is 0 Å². The van der Waals surface area contributed by atoms with Crippen LogP contribution in [-0.4, -0.2) is 5.10 Å². The van der Waals surface area contributed by atoms with Gasteiger partial charge in [-0.3, -0.25) is 0 Å². The molecule has 0 atom stereocenters. The second kappa shape index (κ2) is 2.95. The molecule has 3 heteroatoms. The van der Waals surface area contributed by atoms with Gasteiger partial charge >= 0.3 is 12.4 Å². The Bertz CT molecular complexity index is 468. The summed E-state index contributed by atoms with van der Waals surface area (Å²) in [6, 6.07) is 11.8. The summed E-state index contributed by atoms with van der Waals surface area (Å²) in [4.78, 5) is 0. The lowest BCUT2D eigenvalue weighted by atomic mass is 10.2. The van der Waals surface area contributed by atoms with Crippen molar-refractivity contribution < 1.29 is 3.73 Å². The molecule has 1 aromatic carbocycles. The Morgan fingerprint density at radius 1 is 1.08 bits per heavy atom. The highest BCUT2D eigenvalue weighted by Gasteiger charge is 1.93. The summed E-state index contributed by atoms with van der Waals surface area (Å²) in [6.45, 7) is 0. The maximum Gasteiger partial charge on any atom is 0.306 e. The van der Waals surface area contributed by atoms with Gasteiger partial charge in [0, 0.05) is 20.3 Å². The van der Waals surface area contributed by atoms with Gasteiger partial charge in [-0.15, -0.1) is 0 Å². The van der Waals surface area contributed by atoms with Crippen LogP contribution in [0.4, 0.5) is 0 Å². The zero-order valence-electron chi connectivity index (χ0n) is 6.34. The van der Waals surface area contributed by atoms with Gasteiger partial charge < -0.3 is 0 Å². The van der Waals surface area contributed by atoms with E-state index >= 15 is 0 Å². The molecule has 0 fully saturated rings. The predicted octanol–water partition coefficient (Wildman–Crippen LogP) is 1.76. The quantitative estimate of drug-likeness (QED) is 0.568. The highest BCUT2D eigenvalue weighted by molar-refractivity contribution is 7.66. The van der Waals surface area contributed by atoms with Crippen LogP contribution in [0.2, 0.25) is 0 Å². The summed E-state index contributed by atoms with van der Waals surface area (Å²) in [5.41, 5.74) is 0.914. The molecule has 2 nitrogen and oxygen atoms in total. The van der Waals surface area contributed by atoms with Crippen LogP contribution in [0.15, 0.2) is 42.6 Å². The first-order valence-corrected chi connectivity index (χ1v) is 4.01. The van der Waals surface area contributed by atoms with E-state index in [4.69, 9.17) is 12.4 Å². The lowest BCUT2D eigenvalue weighted by molar-refractivity contribution is -0.503. The van der Waals surface area contributed by atoms with Gasteiger partial charge in [0.1, 0.15) is 5.52 Å². The third-order valence-corrected chi connectivity index (χ3v) is 1.84. The maximum absolute atomic E-state index is 4.91. The van der Waals surface area contributed by atoms with Crippen molar-refractivity contribution in [1.29, 1.82) is 0 Å². The van der Waals surface area contributed by atoms with E-state index in [-0.39, 0.29) is 0 Å². The summed E-state index contributed by atoms with van der Waals surface area (Å²) >= 11 is 4.91. The molecule has 0 saturated heterocycles. The average Bonchev–Trinajstić information content (AvgIpc) is 2.25. The third kappa shape index (κ3) is 1.31. The fourth-order valence-corrected chi connectivity index (χ4v) is 1.24. The minimum atomic E-state index is 0.914. The number of rotatable bonds is 0. The maximum atomic E-state index is 4.91. The topological polar surface area (TPSA) is 18.8 Å². The van der Waals surface area contributed by atoms with Crippen LogP contribution in [-0.2, 0) is 0 Å². The highest BCUT2D eigenvalue weighted by atomic mass is 32.1. The lowest BCUT2D eigenvalue weighted by Crippen LogP contribution is -2.11. The number of hydrogen-bond acceptors (Lipinski definition) is 2. The van der Waals surface area contributed by atoms with E-state index in [2.05, 4.69) is 5.10 Å². The third-order valence-electron chi connectivity index (χ3n) is 1.63. The molecule has 0 aliphatic rings. The number of fused-ring (bicyclic) bond motifs is 1. The zero-order valence-corrected chi connectivity index (χ0v) is 7.16. The van der Waals surface area contributed by atoms with E-state index in [1.54, 1.807) is 6.20 Å². The number of hydrogen-bond donors (Lipinski definition) is 0. The van der Waals surface area contributed by atoms with Gasteiger partial charge in [0.05, 0.1) is 0 Å². The molecular formula is C9H7N2S+. The highest BCUT2D eigenvalue weighted by Crippen LogP contribution is 2.05.